The molecule has 6 fully saturated rings. The lowest BCUT2D eigenvalue weighted by atomic mass is 9.95. The van der Waals surface area contributed by atoms with E-state index in [9.17, 15) is 14.4 Å². The normalized spacial score (nSPS) is 27.0. The van der Waals surface area contributed by atoms with Crippen LogP contribution in [0.3, 0.4) is 0 Å². The first kappa shape index (κ1) is 36.2. The van der Waals surface area contributed by atoms with E-state index in [0.29, 0.717) is 65.8 Å². The van der Waals surface area contributed by atoms with Crippen LogP contribution in [-0.2, 0) is 9.53 Å². The molecule has 8 heterocycles. The van der Waals surface area contributed by atoms with Crippen LogP contribution in [0.5, 0.6) is 6.01 Å². The summed E-state index contributed by atoms with van der Waals surface area (Å²) in [4.78, 5) is 35.9. The van der Waals surface area contributed by atoms with Gasteiger partial charge in [0.15, 0.2) is 5.82 Å². The molecule has 0 spiro atoms. The van der Waals surface area contributed by atoms with Gasteiger partial charge < -0.3 is 19.3 Å². The van der Waals surface area contributed by atoms with Gasteiger partial charge in [0.05, 0.1) is 42.2 Å². The maximum atomic E-state index is 17.0. The smallest absolute Gasteiger partial charge is 0.319 e. The largest absolute Gasteiger partial charge is 0.461 e. The number of benzene rings is 2. The Morgan fingerprint density at radius 1 is 1.13 bits per heavy atom. The van der Waals surface area contributed by atoms with Gasteiger partial charge >= 0.3 is 6.01 Å². The van der Waals surface area contributed by atoms with E-state index in [1.165, 1.54) is 0 Å². The highest BCUT2D eigenvalue weighted by atomic mass is 35.5. The molecule has 2 aromatic carbocycles. The molecule has 55 heavy (non-hydrogen) atoms. The number of carbonyl (C=O) groups is 1. The van der Waals surface area contributed by atoms with E-state index in [1.54, 1.807) is 29.3 Å². The number of rotatable bonds is 9. The molecule has 2 bridgehead atoms. The Morgan fingerprint density at radius 2 is 2.00 bits per heavy atom. The lowest BCUT2D eigenvalue weighted by Gasteiger charge is -2.44. The van der Waals surface area contributed by atoms with Gasteiger partial charge in [-0.1, -0.05) is 48.0 Å². The molecule has 14 heteroatoms. The highest BCUT2D eigenvalue weighted by molar-refractivity contribution is 6.36. The summed E-state index contributed by atoms with van der Waals surface area (Å²) in [6, 6.07) is 13.2. The Balaban J connectivity index is 1.03. The van der Waals surface area contributed by atoms with Gasteiger partial charge in [0.2, 0.25) is 5.91 Å². The van der Waals surface area contributed by atoms with Gasteiger partial charge in [0, 0.05) is 80.0 Å². The second-order valence-corrected chi connectivity index (χ2v) is 16.0. The SMILES string of the molecule is N#CC[C@H]1CN(c2nc(OC[C@@]34CCCN3C[C@H](F)C4)nc3c(F)c(-c4cccc5cccc(Cl)c45)ncc23)CCN1C(=O)/C=C/CN1C[C@@H]2CC[C@H]1CO2. The number of nitriles is 1. The number of morpholine rings is 1. The number of aromatic nitrogens is 3. The first-order chi connectivity index (χ1) is 26.8. The van der Waals surface area contributed by atoms with Crippen molar-refractivity contribution < 1.29 is 23.0 Å². The second kappa shape index (κ2) is 14.9. The third-order valence-corrected chi connectivity index (χ3v) is 12.6. The monoisotopic (exact) mass is 768 g/mol. The fourth-order valence-corrected chi connectivity index (χ4v) is 9.80. The fourth-order valence-electron chi connectivity index (χ4n) is 9.52. The summed E-state index contributed by atoms with van der Waals surface area (Å²) in [7, 11) is 0. The van der Waals surface area contributed by atoms with Crippen LogP contribution in [0.25, 0.3) is 32.9 Å². The van der Waals surface area contributed by atoms with E-state index >= 15 is 4.39 Å². The molecule has 5 atom stereocenters. The minimum Gasteiger partial charge on any atom is -0.461 e. The highest BCUT2D eigenvalue weighted by Gasteiger charge is 2.49. The number of pyridine rings is 1. The van der Waals surface area contributed by atoms with Crippen molar-refractivity contribution in [2.75, 3.05) is 63.9 Å². The van der Waals surface area contributed by atoms with E-state index < -0.39 is 23.6 Å². The Bertz CT molecular complexity index is 2190. The van der Waals surface area contributed by atoms with E-state index in [2.05, 4.69) is 25.8 Å². The first-order valence-electron chi connectivity index (χ1n) is 19.3. The predicted molar refractivity (Wildman–Crippen MR) is 205 cm³/mol. The Labute approximate surface area is 323 Å². The van der Waals surface area contributed by atoms with Crippen LogP contribution in [-0.4, -0.2) is 124 Å². The van der Waals surface area contributed by atoms with Gasteiger partial charge in [-0.15, -0.1) is 0 Å². The van der Waals surface area contributed by atoms with Crippen molar-refractivity contribution in [3.63, 3.8) is 0 Å². The maximum absolute atomic E-state index is 17.0. The number of piperidine rings is 1. The molecule has 0 unspecified atom stereocenters. The number of piperazine rings is 1. The summed E-state index contributed by atoms with van der Waals surface area (Å²) in [5.74, 6) is -0.397. The van der Waals surface area contributed by atoms with Gasteiger partial charge in [-0.3, -0.25) is 19.6 Å². The molecule has 6 saturated heterocycles. The molecule has 6 aliphatic heterocycles. The topological polar surface area (TPSA) is 111 Å². The molecule has 6 aliphatic rings. The molecule has 286 valence electrons. The standard InChI is InChI=1S/C41H43ClF2N8O3/c42-33-8-2-6-26-5-1-7-31(35(26)33)37-36(44)38-32(20-46-37)39(48-40(47-38)55-25-41-13-4-16-51(41)21-27(43)19-41)50-17-18-52(28(22-50)12-14-45)34(53)9-3-15-49-23-30-11-10-29(49)24-54-30/h1-3,5-9,20,27-30H,4,10-13,15-19,21-25H2/b9-3+/t27-,28+,29+,30+,41+/m1/s1. The molecule has 2 aromatic heterocycles. The van der Waals surface area contributed by atoms with Crippen LogP contribution in [0.4, 0.5) is 14.6 Å². The number of alkyl halides is 1. The summed E-state index contributed by atoms with van der Waals surface area (Å²) in [6.07, 6.45) is 8.85. The van der Waals surface area contributed by atoms with E-state index in [4.69, 9.17) is 26.1 Å². The Kier molecular flexibility index (Phi) is 9.79. The lowest BCUT2D eigenvalue weighted by molar-refractivity contribution is -0.128. The van der Waals surface area contributed by atoms with Crippen molar-refractivity contribution in [1.82, 2.24) is 29.7 Å². The molecule has 4 aromatic rings. The minimum absolute atomic E-state index is 0.0203. The number of hydrogen-bond acceptors (Lipinski definition) is 10. The Hall–Kier alpha value is -4.48. The Morgan fingerprint density at radius 3 is 2.80 bits per heavy atom. The number of anilines is 1. The van der Waals surface area contributed by atoms with Crippen molar-refractivity contribution in [2.24, 2.45) is 0 Å². The quantitative estimate of drug-likeness (QED) is 0.190. The predicted octanol–water partition coefficient (Wildman–Crippen LogP) is 5.94. The highest BCUT2D eigenvalue weighted by Crippen LogP contribution is 2.41. The minimum atomic E-state index is -0.934. The molecular formula is C41H43ClF2N8O3. The average molecular weight is 769 g/mol. The summed E-state index contributed by atoms with van der Waals surface area (Å²) >= 11 is 6.65. The van der Waals surface area contributed by atoms with Crippen molar-refractivity contribution >= 4 is 45.0 Å². The zero-order chi connectivity index (χ0) is 37.7. The molecule has 0 saturated carbocycles. The van der Waals surface area contributed by atoms with Crippen LogP contribution in [0.15, 0.2) is 54.7 Å². The zero-order valence-corrected chi connectivity index (χ0v) is 31.3. The van der Waals surface area contributed by atoms with Crippen molar-refractivity contribution in [3.05, 3.63) is 65.6 Å². The zero-order valence-electron chi connectivity index (χ0n) is 30.5. The average Bonchev–Trinajstić information content (AvgIpc) is 3.73. The van der Waals surface area contributed by atoms with Gasteiger partial charge in [-0.05, 0) is 43.7 Å². The van der Waals surface area contributed by atoms with Crippen molar-refractivity contribution in [1.29, 1.82) is 5.26 Å². The van der Waals surface area contributed by atoms with E-state index in [-0.39, 0.29) is 48.8 Å². The third kappa shape index (κ3) is 6.77. The second-order valence-electron chi connectivity index (χ2n) is 15.6. The van der Waals surface area contributed by atoms with E-state index in [0.717, 1.165) is 50.8 Å². The first-order valence-corrected chi connectivity index (χ1v) is 19.7. The summed E-state index contributed by atoms with van der Waals surface area (Å²) in [5, 5.41) is 12.2. The van der Waals surface area contributed by atoms with E-state index in [1.807, 2.05) is 35.2 Å². The third-order valence-electron chi connectivity index (χ3n) is 12.3. The number of nitrogens with zero attached hydrogens (tertiary/aromatic N) is 8. The summed E-state index contributed by atoms with van der Waals surface area (Å²) in [5.41, 5.74) is 0.187. The molecule has 0 aliphatic carbocycles. The van der Waals surface area contributed by atoms with Gasteiger partial charge in [0.1, 0.15) is 29.8 Å². The van der Waals surface area contributed by atoms with Crippen LogP contribution < -0.4 is 9.64 Å². The fraction of sp³-hybridized carbons (Fsp3) is 0.488. The molecule has 1 amide bonds. The summed E-state index contributed by atoms with van der Waals surface area (Å²) < 4.78 is 43.8. The molecule has 11 nitrogen and oxygen atoms in total. The van der Waals surface area contributed by atoms with Crippen LogP contribution in [0.2, 0.25) is 5.02 Å². The molecule has 0 N–H and O–H groups in total. The van der Waals surface area contributed by atoms with Gasteiger partial charge in [-0.2, -0.15) is 15.2 Å². The number of hydrogen-bond donors (Lipinski definition) is 0. The van der Waals surface area contributed by atoms with Gasteiger partial charge in [-0.25, -0.2) is 8.78 Å². The number of fused-ring (bicyclic) bond motifs is 6. The molecular weight excluding hydrogens is 726 g/mol. The van der Waals surface area contributed by atoms with Gasteiger partial charge in [0.25, 0.3) is 0 Å². The number of carbonyl (C=O) groups excluding carboxylic acids is 1. The molecule has 0 radical (unpaired) electrons. The van der Waals surface area contributed by atoms with Crippen LogP contribution in [0.1, 0.15) is 38.5 Å². The number of halogens is 3. The van der Waals surface area contributed by atoms with Crippen LogP contribution >= 0.6 is 11.6 Å². The molecule has 10 rings (SSSR count). The van der Waals surface area contributed by atoms with Crippen LogP contribution in [0, 0.1) is 17.1 Å². The van der Waals surface area contributed by atoms with Crippen molar-refractivity contribution in [3.8, 4) is 23.3 Å². The summed E-state index contributed by atoms with van der Waals surface area (Å²) in [6.45, 7) is 4.63. The number of ether oxygens (including phenoxy) is 2. The van der Waals surface area contributed by atoms with Crippen molar-refractivity contribution in [2.45, 2.75) is 68.4 Å². The maximum Gasteiger partial charge on any atom is 0.319 e. The number of amides is 1. The lowest BCUT2D eigenvalue weighted by Crippen LogP contribution is -2.55.